The van der Waals surface area contributed by atoms with Gasteiger partial charge in [-0.15, -0.1) is 0 Å². The van der Waals surface area contributed by atoms with Gasteiger partial charge in [-0.1, -0.05) is 6.42 Å². The fourth-order valence-electron chi connectivity index (χ4n) is 4.01. The molecule has 170 valence electrons. The van der Waals surface area contributed by atoms with E-state index in [-0.39, 0.29) is 23.6 Å². The minimum atomic E-state index is -4.39. The minimum Gasteiger partial charge on any atom is -0.487 e. The van der Waals surface area contributed by atoms with Crippen molar-refractivity contribution in [3.63, 3.8) is 0 Å². The van der Waals surface area contributed by atoms with Crippen LogP contribution in [0, 0.1) is 11.6 Å². The van der Waals surface area contributed by atoms with Gasteiger partial charge in [0.2, 0.25) is 0 Å². The predicted molar refractivity (Wildman–Crippen MR) is 113 cm³/mol. The Hall–Kier alpha value is -3.08. The quantitative estimate of drug-likeness (QED) is 0.571. The molecule has 2 heterocycles. The van der Waals surface area contributed by atoms with Gasteiger partial charge in [-0.05, 0) is 38.3 Å². The van der Waals surface area contributed by atoms with Crippen LogP contribution in [-0.2, 0) is 16.6 Å². The summed E-state index contributed by atoms with van der Waals surface area (Å²) in [5, 5.41) is 4.30. The maximum atomic E-state index is 14.8. The number of benzene rings is 1. The van der Waals surface area contributed by atoms with Crippen LogP contribution in [0.5, 0.6) is 5.75 Å². The molecule has 1 aliphatic carbocycles. The van der Waals surface area contributed by atoms with Crippen molar-refractivity contribution in [2.24, 2.45) is 0 Å². The van der Waals surface area contributed by atoms with E-state index in [0.29, 0.717) is 19.0 Å². The number of anilines is 1. The molecule has 2 aromatic heterocycles. The Morgan fingerprint density at radius 3 is 2.72 bits per heavy atom. The number of nitrogens with zero attached hydrogens (tertiary/aromatic N) is 4. The number of nitrogens with one attached hydrogen (secondary N) is 1. The lowest BCUT2D eigenvalue weighted by atomic mass is 9.84. The van der Waals surface area contributed by atoms with Gasteiger partial charge < -0.3 is 4.74 Å². The van der Waals surface area contributed by atoms with Crippen LogP contribution in [0.25, 0.3) is 0 Å². The minimum absolute atomic E-state index is 0.0171. The second kappa shape index (κ2) is 9.19. The fourth-order valence-corrected chi connectivity index (χ4v) is 5.09. The molecule has 1 fully saturated rings. The first-order valence-corrected chi connectivity index (χ1v) is 11.8. The van der Waals surface area contributed by atoms with E-state index >= 15 is 0 Å². The Morgan fingerprint density at radius 1 is 1.16 bits per heavy atom. The number of aryl methyl sites for hydroxylation is 1. The highest BCUT2D eigenvalue weighted by Crippen LogP contribution is 2.37. The molecule has 0 amide bonds. The van der Waals surface area contributed by atoms with Crippen molar-refractivity contribution in [1.29, 1.82) is 0 Å². The van der Waals surface area contributed by atoms with Crippen LogP contribution in [0.4, 0.5) is 14.6 Å². The number of hydrogen-bond acceptors (Lipinski definition) is 6. The Kier molecular flexibility index (Phi) is 6.35. The first-order chi connectivity index (χ1) is 15.4. The highest BCUT2D eigenvalue weighted by Gasteiger charge is 2.32. The van der Waals surface area contributed by atoms with Crippen LogP contribution in [0.3, 0.4) is 0 Å². The molecule has 32 heavy (non-hydrogen) atoms. The third-order valence-electron chi connectivity index (χ3n) is 5.51. The molecule has 1 saturated carbocycles. The monoisotopic (exact) mass is 463 g/mol. The van der Waals surface area contributed by atoms with Gasteiger partial charge in [0.1, 0.15) is 29.0 Å². The third-order valence-corrected chi connectivity index (χ3v) is 6.88. The van der Waals surface area contributed by atoms with Crippen LogP contribution in [0.15, 0.2) is 47.9 Å². The molecule has 2 atom stereocenters. The van der Waals surface area contributed by atoms with Crippen LogP contribution in [0.1, 0.15) is 44.2 Å². The third kappa shape index (κ3) is 4.57. The second-order valence-corrected chi connectivity index (χ2v) is 9.18. The van der Waals surface area contributed by atoms with Crippen molar-refractivity contribution in [3.8, 4) is 5.75 Å². The van der Waals surface area contributed by atoms with Crippen LogP contribution >= 0.6 is 0 Å². The topological polar surface area (TPSA) is 99.0 Å². The fraction of sp³-hybridized carbons (Fsp3) is 0.381. The maximum Gasteiger partial charge on any atom is 0.266 e. The summed E-state index contributed by atoms with van der Waals surface area (Å²) >= 11 is 0. The average molecular weight is 464 g/mol. The lowest BCUT2D eigenvalue weighted by Gasteiger charge is -2.32. The van der Waals surface area contributed by atoms with Crippen molar-refractivity contribution in [2.45, 2.75) is 56.1 Å². The largest absolute Gasteiger partial charge is 0.487 e. The Morgan fingerprint density at radius 2 is 1.97 bits per heavy atom. The summed E-state index contributed by atoms with van der Waals surface area (Å²) in [6.45, 7) is 2.68. The van der Waals surface area contributed by atoms with E-state index in [1.54, 1.807) is 6.20 Å². The summed E-state index contributed by atoms with van der Waals surface area (Å²) in [6, 6.07) is 4.63. The first kappa shape index (κ1) is 22.1. The van der Waals surface area contributed by atoms with Crippen molar-refractivity contribution < 1.29 is 21.9 Å². The van der Waals surface area contributed by atoms with Crippen LogP contribution in [-0.4, -0.2) is 34.3 Å². The number of sulfonamides is 1. The zero-order valence-electron chi connectivity index (χ0n) is 17.4. The molecule has 4 rings (SSSR count). The molecule has 0 radical (unpaired) electrons. The standard InChI is InChI=1S/C21H23F2N5O3S/c1-2-28-17(7-10-26-28)14-5-3-4-6-18(14)31-19-11-16(23)20(12-15(19)22)32(29,30)27-21-8-9-24-13-25-21/h7-14,18H,2-6H2,1H3,(H,24,25,27). The number of rotatable bonds is 7. The Bertz CT molecular complexity index is 1190. The number of hydrogen-bond donors (Lipinski definition) is 1. The maximum absolute atomic E-state index is 14.8. The molecular weight excluding hydrogens is 440 g/mol. The van der Waals surface area contributed by atoms with Gasteiger partial charge >= 0.3 is 0 Å². The molecule has 8 nitrogen and oxygen atoms in total. The summed E-state index contributed by atoms with van der Waals surface area (Å²) in [4.78, 5) is 6.59. The van der Waals surface area contributed by atoms with Crippen molar-refractivity contribution in [1.82, 2.24) is 19.7 Å². The molecule has 1 aliphatic rings. The molecule has 3 aromatic rings. The second-order valence-electron chi connectivity index (χ2n) is 7.53. The van der Waals surface area contributed by atoms with Gasteiger partial charge in [-0.2, -0.15) is 5.10 Å². The van der Waals surface area contributed by atoms with Crippen molar-refractivity contribution >= 4 is 15.8 Å². The van der Waals surface area contributed by atoms with Crippen LogP contribution < -0.4 is 9.46 Å². The molecule has 11 heteroatoms. The summed E-state index contributed by atoms with van der Waals surface area (Å²) < 4.78 is 64.5. The highest BCUT2D eigenvalue weighted by atomic mass is 32.2. The molecule has 1 N–H and O–H groups in total. The molecule has 0 bridgehead atoms. The van der Waals surface area contributed by atoms with E-state index in [9.17, 15) is 17.2 Å². The first-order valence-electron chi connectivity index (χ1n) is 10.3. The SMILES string of the molecule is CCn1nccc1C1CCCCC1Oc1cc(F)c(S(=O)(=O)Nc2ccncn2)cc1F. The zero-order valence-corrected chi connectivity index (χ0v) is 18.2. The van der Waals surface area contributed by atoms with E-state index < -0.39 is 26.6 Å². The van der Waals surface area contributed by atoms with E-state index in [0.717, 1.165) is 37.4 Å². The zero-order chi connectivity index (χ0) is 22.7. The Labute approximate surface area is 184 Å². The van der Waals surface area contributed by atoms with E-state index in [1.165, 1.54) is 12.3 Å². The summed E-state index contributed by atoms with van der Waals surface area (Å²) in [5.74, 6) is -2.46. The molecule has 0 saturated heterocycles. The lowest BCUT2D eigenvalue weighted by Crippen LogP contribution is -2.30. The highest BCUT2D eigenvalue weighted by molar-refractivity contribution is 7.92. The van der Waals surface area contributed by atoms with Crippen molar-refractivity contribution in [2.75, 3.05) is 4.72 Å². The Balaban J connectivity index is 1.59. The number of halogens is 2. The predicted octanol–water partition coefficient (Wildman–Crippen LogP) is 3.88. The van der Waals surface area contributed by atoms with E-state index in [1.807, 2.05) is 17.7 Å². The van der Waals surface area contributed by atoms with Gasteiger partial charge in [-0.25, -0.2) is 27.2 Å². The molecule has 0 aliphatic heterocycles. The van der Waals surface area contributed by atoms with Gasteiger partial charge in [-0.3, -0.25) is 9.40 Å². The molecule has 0 spiro atoms. The van der Waals surface area contributed by atoms with Gasteiger partial charge in [0.15, 0.2) is 11.6 Å². The summed E-state index contributed by atoms with van der Waals surface area (Å²) in [5.41, 5.74) is 0.992. The lowest BCUT2D eigenvalue weighted by molar-refractivity contribution is 0.120. The smallest absolute Gasteiger partial charge is 0.266 e. The molecular formula is C21H23F2N5O3S. The van der Waals surface area contributed by atoms with Gasteiger partial charge in [0.25, 0.3) is 10.0 Å². The van der Waals surface area contributed by atoms with Gasteiger partial charge in [0, 0.05) is 42.7 Å². The van der Waals surface area contributed by atoms with Crippen molar-refractivity contribution in [3.05, 3.63) is 60.3 Å². The van der Waals surface area contributed by atoms with E-state index in [4.69, 9.17) is 4.74 Å². The molecule has 2 unspecified atom stereocenters. The van der Waals surface area contributed by atoms with Gasteiger partial charge in [0.05, 0.1) is 0 Å². The number of ether oxygens (including phenoxy) is 1. The number of aromatic nitrogens is 4. The average Bonchev–Trinajstić information content (AvgIpc) is 3.25. The summed E-state index contributed by atoms with van der Waals surface area (Å²) in [7, 11) is -4.39. The van der Waals surface area contributed by atoms with E-state index in [2.05, 4.69) is 19.8 Å². The van der Waals surface area contributed by atoms with Crippen LogP contribution in [0.2, 0.25) is 0 Å². The summed E-state index contributed by atoms with van der Waals surface area (Å²) in [6.07, 6.45) is 7.23. The molecule has 1 aromatic carbocycles. The normalized spacial score (nSPS) is 19.0.